The molecule has 1 aliphatic heterocycles. The van der Waals surface area contributed by atoms with Gasteiger partial charge < -0.3 is 24.1 Å². The molecule has 0 radical (unpaired) electrons. The highest BCUT2D eigenvalue weighted by Gasteiger charge is 2.19. The van der Waals surface area contributed by atoms with E-state index in [9.17, 15) is 4.79 Å². The number of ether oxygens (including phenoxy) is 3. The van der Waals surface area contributed by atoms with E-state index in [1.54, 1.807) is 0 Å². The molecule has 0 saturated carbocycles. The summed E-state index contributed by atoms with van der Waals surface area (Å²) in [6.07, 6.45) is 0. The zero-order chi connectivity index (χ0) is 21.8. The number of amides is 1. The van der Waals surface area contributed by atoms with Crippen LogP contribution in [0.3, 0.4) is 0 Å². The van der Waals surface area contributed by atoms with Crippen LogP contribution in [0.4, 0.5) is 0 Å². The molecule has 0 fully saturated rings. The maximum absolute atomic E-state index is 13.0. The second-order valence-electron chi connectivity index (χ2n) is 7.54. The summed E-state index contributed by atoms with van der Waals surface area (Å²) in [6.45, 7) is 8.69. The number of hydrogen-bond donors (Lipinski definition) is 1. The van der Waals surface area contributed by atoms with Crippen molar-refractivity contribution in [1.29, 1.82) is 0 Å². The summed E-state index contributed by atoms with van der Waals surface area (Å²) in [5.74, 6) is 1.39. The lowest BCUT2D eigenvalue weighted by Gasteiger charge is -2.20. The van der Waals surface area contributed by atoms with Gasteiger partial charge in [-0.25, -0.2) is 0 Å². The molecular weight excluding hydrogens is 392 g/mol. The van der Waals surface area contributed by atoms with E-state index in [-0.39, 0.29) is 5.91 Å². The van der Waals surface area contributed by atoms with Crippen molar-refractivity contribution in [1.82, 2.24) is 9.88 Å². The van der Waals surface area contributed by atoms with Crippen molar-refractivity contribution in [2.24, 2.45) is 0 Å². The van der Waals surface area contributed by atoms with E-state index in [4.69, 9.17) is 14.2 Å². The molecule has 31 heavy (non-hydrogen) atoms. The van der Waals surface area contributed by atoms with E-state index in [0.717, 1.165) is 39.7 Å². The number of rotatable bonds is 7. The first-order chi connectivity index (χ1) is 15.1. The minimum Gasteiger partial charge on any atom is -0.486 e. The third kappa shape index (κ3) is 4.44. The maximum Gasteiger partial charge on any atom is 0.253 e. The lowest BCUT2D eigenvalue weighted by molar-refractivity contribution is 0.0949. The number of aryl methyl sites for hydroxylation is 1. The number of hydrogen-bond acceptors (Lipinski definition) is 4. The number of carbonyl (C=O) groups is 1. The number of nitrogens with zero attached hydrogens (tertiary/aromatic N) is 1. The van der Waals surface area contributed by atoms with Crippen molar-refractivity contribution in [3.05, 3.63) is 76.6 Å². The van der Waals surface area contributed by atoms with E-state index in [0.29, 0.717) is 38.5 Å². The molecule has 0 aliphatic carbocycles. The highest BCUT2D eigenvalue weighted by molar-refractivity contribution is 5.95. The van der Waals surface area contributed by atoms with Gasteiger partial charge in [-0.2, -0.15) is 0 Å². The molecule has 0 saturated heterocycles. The molecule has 3 aromatic rings. The molecule has 1 aliphatic rings. The Morgan fingerprint density at radius 2 is 1.77 bits per heavy atom. The van der Waals surface area contributed by atoms with Gasteiger partial charge in [0.1, 0.15) is 13.2 Å². The summed E-state index contributed by atoms with van der Waals surface area (Å²) in [7, 11) is 0. The Labute approximate surface area is 182 Å². The van der Waals surface area contributed by atoms with Crippen LogP contribution in [0.25, 0.3) is 5.69 Å². The summed E-state index contributed by atoms with van der Waals surface area (Å²) in [5.41, 5.74) is 5.62. The van der Waals surface area contributed by atoms with Crippen LogP contribution in [0.15, 0.2) is 48.5 Å². The second kappa shape index (κ2) is 9.27. The molecule has 0 atom stereocenters. The predicted octanol–water partition coefficient (Wildman–Crippen LogP) is 4.33. The first-order valence-corrected chi connectivity index (χ1v) is 10.6. The van der Waals surface area contributed by atoms with Gasteiger partial charge in [0.2, 0.25) is 0 Å². The summed E-state index contributed by atoms with van der Waals surface area (Å²) in [6, 6.07) is 15.8. The van der Waals surface area contributed by atoms with Crippen LogP contribution in [-0.4, -0.2) is 30.3 Å². The number of benzene rings is 2. The zero-order valence-corrected chi connectivity index (χ0v) is 18.2. The molecule has 1 amide bonds. The average molecular weight is 421 g/mol. The van der Waals surface area contributed by atoms with Crippen LogP contribution in [0.5, 0.6) is 11.5 Å². The van der Waals surface area contributed by atoms with E-state index in [2.05, 4.69) is 9.88 Å². The molecule has 4 rings (SSSR count). The average Bonchev–Trinajstić information content (AvgIpc) is 3.10. The molecule has 6 heteroatoms. The van der Waals surface area contributed by atoms with Gasteiger partial charge in [0.05, 0.1) is 12.2 Å². The lowest BCUT2D eigenvalue weighted by atomic mass is 10.1. The molecule has 1 N–H and O–H groups in total. The van der Waals surface area contributed by atoms with Crippen LogP contribution in [-0.2, 0) is 17.9 Å². The van der Waals surface area contributed by atoms with Gasteiger partial charge in [-0.05, 0) is 50.1 Å². The minimum absolute atomic E-state index is 0.0943. The predicted molar refractivity (Wildman–Crippen MR) is 119 cm³/mol. The van der Waals surface area contributed by atoms with Gasteiger partial charge in [0.25, 0.3) is 5.91 Å². The Balaban J connectivity index is 1.53. The Hall–Kier alpha value is -3.25. The van der Waals surface area contributed by atoms with Crippen LogP contribution < -0.4 is 14.8 Å². The van der Waals surface area contributed by atoms with Crippen molar-refractivity contribution >= 4 is 5.91 Å². The summed E-state index contributed by atoms with van der Waals surface area (Å²) in [5, 5.41) is 3.06. The van der Waals surface area contributed by atoms with Gasteiger partial charge in [0.15, 0.2) is 11.5 Å². The number of aromatic nitrogens is 1. The van der Waals surface area contributed by atoms with Crippen LogP contribution in [0.1, 0.15) is 39.8 Å². The van der Waals surface area contributed by atoms with Crippen molar-refractivity contribution in [2.75, 3.05) is 19.8 Å². The Bertz CT molecular complexity index is 1090. The first-order valence-electron chi connectivity index (χ1n) is 10.6. The van der Waals surface area contributed by atoms with Gasteiger partial charge in [-0.15, -0.1) is 0 Å². The molecule has 0 unspecified atom stereocenters. The fourth-order valence-electron chi connectivity index (χ4n) is 3.91. The van der Waals surface area contributed by atoms with Crippen molar-refractivity contribution < 1.29 is 19.0 Å². The third-order valence-corrected chi connectivity index (χ3v) is 5.48. The van der Waals surface area contributed by atoms with E-state index in [1.165, 1.54) is 0 Å². The zero-order valence-electron chi connectivity index (χ0n) is 18.2. The van der Waals surface area contributed by atoms with Crippen LogP contribution in [0, 0.1) is 13.8 Å². The normalized spacial score (nSPS) is 12.6. The molecular formula is C25H28N2O4. The standard InChI is InChI=1S/C25H28N2O4/c1-4-29-16-20-8-6-5-7-19(20)15-26-25(28)22-13-17(2)27(18(22)3)21-9-10-23-24(14-21)31-12-11-30-23/h5-10,13-14H,4,11-12,15-16H2,1-3H3,(H,26,28). The number of nitrogens with one attached hydrogen (secondary N) is 1. The highest BCUT2D eigenvalue weighted by Crippen LogP contribution is 2.33. The maximum atomic E-state index is 13.0. The quantitative estimate of drug-likeness (QED) is 0.618. The smallest absolute Gasteiger partial charge is 0.253 e. The molecule has 6 nitrogen and oxygen atoms in total. The third-order valence-electron chi connectivity index (χ3n) is 5.48. The monoisotopic (exact) mass is 420 g/mol. The van der Waals surface area contributed by atoms with E-state index in [1.807, 2.05) is 69.3 Å². The van der Waals surface area contributed by atoms with Gasteiger partial charge >= 0.3 is 0 Å². The van der Waals surface area contributed by atoms with Crippen LogP contribution in [0.2, 0.25) is 0 Å². The van der Waals surface area contributed by atoms with E-state index < -0.39 is 0 Å². The fraction of sp³-hybridized carbons (Fsp3) is 0.320. The molecule has 2 heterocycles. The fourth-order valence-corrected chi connectivity index (χ4v) is 3.91. The minimum atomic E-state index is -0.0943. The molecule has 0 bridgehead atoms. The first kappa shape index (κ1) is 21.0. The topological polar surface area (TPSA) is 61.7 Å². The lowest BCUT2D eigenvalue weighted by Crippen LogP contribution is -2.24. The van der Waals surface area contributed by atoms with E-state index >= 15 is 0 Å². The van der Waals surface area contributed by atoms with Crippen molar-refractivity contribution in [3.8, 4) is 17.2 Å². The summed E-state index contributed by atoms with van der Waals surface area (Å²) < 4.78 is 18.9. The van der Waals surface area contributed by atoms with Gasteiger partial charge in [-0.1, -0.05) is 24.3 Å². The van der Waals surface area contributed by atoms with Gasteiger partial charge in [0, 0.05) is 36.3 Å². The molecule has 1 aromatic heterocycles. The Morgan fingerprint density at radius 1 is 1.03 bits per heavy atom. The van der Waals surface area contributed by atoms with Crippen molar-refractivity contribution in [3.63, 3.8) is 0 Å². The molecule has 0 spiro atoms. The second-order valence-corrected chi connectivity index (χ2v) is 7.54. The molecule has 2 aromatic carbocycles. The highest BCUT2D eigenvalue weighted by atomic mass is 16.6. The Morgan fingerprint density at radius 3 is 2.55 bits per heavy atom. The Kier molecular flexibility index (Phi) is 6.28. The van der Waals surface area contributed by atoms with Crippen LogP contribution >= 0.6 is 0 Å². The van der Waals surface area contributed by atoms with Gasteiger partial charge in [-0.3, -0.25) is 4.79 Å². The largest absolute Gasteiger partial charge is 0.486 e. The SMILES string of the molecule is CCOCc1ccccc1CNC(=O)c1cc(C)n(-c2ccc3c(c2)OCCO3)c1C. The molecule has 162 valence electrons. The number of fused-ring (bicyclic) bond motifs is 1. The number of carbonyl (C=O) groups excluding carboxylic acids is 1. The summed E-state index contributed by atoms with van der Waals surface area (Å²) in [4.78, 5) is 13.0. The van der Waals surface area contributed by atoms with Crippen molar-refractivity contribution in [2.45, 2.75) is 33.9 Å². The summed E-state index contributed by atoms with van der Waals surface area (Å²) >= 11 is 0.